The predicted octanol–water partition coefficient (Wildman–Crippen LogP) is 1.91. The van der Waals surface area contributed by atoms with Crippen LogP contribution < -0.4 is 20.1 Å². The Labute approximate surface area is 159 Å². The first-order chi connectivity index (χ1) is 11.4. The van der Waals surface area contributed by atoms with Gasteiger partial charge >= 0.3 is 0 Å². The van der Waals surface area contributed by atoms with Gasteiger partial charge in [-0.2, -0.15) is 11.8 Å². The second-order valence-electron chi connectivity index (χ2n) is 5.40. The summed E-state index contributed by atoms with van der Waals surface area (Å²) >= 11 is 1.84. The molecule has 1 saturated heterocycles. The van der Waals surface area contributed by atoms with Gasteiger partial charge in [0.15, 0.2) is 0 Å². The highest BCUT2D eigenvalue weighted by Crippen LogP contribution is 2.29. The van der Waals surface area contributed by atoms with Crippen LogP contribution in [0.15, 0.2) is 18.2 Å². The number of nitrogens with one attached hydrogen (secondary N) is 3. The Morgan fingerprint density at radius 3 is 2.80 bits per heavy atom. The number of carbonyl (C=O) groups excluding carboxylic acids is 1. The number of halogens is 1. The minimum Gasteiger partial charge on any atom is -0.494 e. The second-order valence-corrected chi connectivity index (χ2v) is 8.56. The maximum Gasteiger partial charge on any atom is 0.232 e. The summed E-state index contributed by atoms with van der Waals surface area (Å²) in [6.45, 7) is 2.48. The SMILES string of the molecule is CCS(=O)(=O)Nc1ccc(NC(=O)CC2CSCCN2)cc1OC.Cl. The molecule has 1 amide bonds. The molecule has 1 aliphatic rings. The zero-order valence-corrected chi connectivity index (χ0v) is 16.7. The number of benzene rings is 1. The molecule has 0 radical (unpaired) electrons. The smallest absolute Gasteiger partial charge is 0.232 e. The molecule has 7 nitrogen and oxygen atoms in total. The molecule has 142 valence electrons. The second kappa shape index (κ2) is 10.1. The Bertz CT molecular complexity index is 679. The van der Waals surface area contributed by atoms with Crippen LogP contribution in [-0.4, -0.2) is 51.3 Å². The average Bonchev–Trinajstić information content (AvgIpc) is 2.57. The lowest BCUT2D eigenvalue weighted by Gasteiger charge is -2.22. The molecule has 3 N–H and O–H groups in total. The van der Waals surface area contributed by atoms with Crippen LogP contribution in [0.4, 0.5) is 11.4 Å². The van der Waals surface area contributed by atoms with Crippen LogP contribution in [0.3, 0.4) is 0 Å². The third kappa shape index (κ3) is 6.93. The van der Waals surface area contributed by atoms with Crippen LogP contribution in [-0.2, 0) is 14.8 Å². The highest BCUT2D eigenvalue weighted by molar-refractivity contribution is 7.99. The van der Waals surface area contributed by atoms with Gasteiger partial charge in [-0.15, -0.1) is 12.4 Å². The Morgan fingerprint density at radius 1 is 1.44 bits per heavy atom. The number of hydrogen-bond donors (Lipinski definition) is 3. The van der Waals surface area contributed by atoms with Gasteiger partial charge in [-0.1, -0.05) is 0 Å². The number of carbonyl (C=O) groups is 1. The van der Waals surface area contributed by atoms with Crippen molar-refractivity contribution < 1.29 is 17.9 Å². The number of sulfonamides is 1. The highest BCUT2D eigenvalue weighted by atomic mass is 35.5. The lowest BCUT2D eigenvalue weighted by atomic mass is 10.2. The summed E-state index contributed by atoms with van der Waals surface area (Å²) < 4.78 is 31.0. The van der Waals surface area contributed by atoms with E-state index in [4.69, 9.17) is 4.74 Å². The van der Waals surface area contributed by atoms with Crippen LogP contribution >= 0.6 is 24.2 Å². The van der Waals surface area contributed by atoms with Gasteiger partial charge in [-0.05, 0) is 19.1 Å². The van der Waals surface area contributed by atoms with Crippen molar-refractivity contribution in [3.63, 3.8) is 0 Å². The fraction of sp³-hybridized carbons (Fsp3) is 0.533. The molecule has 0 bridgehead atoms. The highest BCUT2D eigenvalue weighted by Gasteiger charge is 2.17. The molecule has 1 fully saturated rings. The van der Waals surface area contributed by atoms with Crippen LogP contribution in [0, 0.1) is 0 Å². The van der Waals surface area contributed by atoms with Crippen LogP contribution in [0.2, 0.25) is 0 Å². The summed E-state index contributed by atoms with van der Waals surface area (Å²) in [7, 11) is -1.94. The Morgan fingerprint density at radius 2 is 2.20 bits per heavy atom. The largest absolute Gasteiger partial charge is 0.494 e. The average molecular weight is 410 g/mol. The van der Waals surface area contributed by atoms with E-state index in [9.17, 15) is 13.2 Å². The van der Waals surface area contributed by atoms with Crippen LogP contribution in [0.25, 0.3) is 0 Å². The van der Waals surface area contributed by atoms with E-state index < -0.39 is 10.0 Å². The first-order valence-electron chi connectivity index (χ1n) is 7.73. The molecule has 1 atom stereocenters. The summed E-state index contributed by atoms with van der Waals surface area (Å²) in [5.41, 5.74) is 0.919. The van der Waals surface area contributed by atoms with E-state index in [2.05, 4.69) is 15.4 Å². The first kappa shape index (κ1) is 21.9. The minimum atomic E-state index is -3.39. The molecule has 1 aromatic carbocycles. The summed E-state index contributed by atoms with van der Waals surface area (Å²) in [5, 5.41) is 6.14. The fourth-order valence-corrected chi connectivity index (χ4v) is 3.88. The normalized spacial score (nSPS) is 17.3. The first-order valence-corrected chi connectivity index (χ1v) is 10.5. The monoisotopic (exact) mass is 409 g/mol. The number of anilines is 2. The molecule has 10 heteroatoms. The fourth-order valence-electron chi connectivity index (χ4n) is 2.28. The quantitative estimate of drug-likeness (QED) is 0.636. The molecule has 0 spiro atoms. The maximum atomic E-state index is 12.1. The van der Waals surface area contributed by atoms with E-state index in [1.807, 2.05) is 11.8 Å². The summed E-state index contributed by atoms with van der Waals surface area (Å²) in [5.74, 6) is 2.25. The van der Waals surface area contributed by atoms with Crippen molar-refractivity contribution >= 4 is 51.5 Å². The van der Waals surface area contributed by atoms with Gasteiger partial charge in [0.1, 0.15) is 5.75 Å². The van der Waals surface area contributed by atoms with Crippen molar-refractivity contribution in [3.05, 3.63) is 18.2 Å². The summed E-state index contributed by atoms with van der Waals surface area (Å²) in [6.07, 6.45) is 0.402. The van der Waals surface area contributed by atoms with E-state index in [0.29, 0.717) is 23.5 Å². The van der Waals surface area contributed by atoms with Crippen molar-refractivity contribution in [1.29, 1.82) is 0 Å². The molecule has 0 aromatic heterocycles. The number of thioether (sulfide) groups is 1. The standard InChI is InChI=1S/C15H23N3O4S2.ClH/c1-3-24(20,21)18-13-5-4-11(8-14(13)22-2)17-15(19)9-12-10-23-7-6-16-12;/h4-5,8,12,16,18H,3,6-7,9-10H2,1-2H3,(H,17,19);1H. The van der Waals surface area contributed by atoms with Gasteiger partial charge in [-0.3, -0.25) is 9.52 Å². The minimum absolute atomic E-state index is 0. The van der Waals surface area contributed by atoms with Gasteiger partial charge < -0.3 is 15.4 Å². The molecule has 1 aliphatic heterocycles. The summed E-state index contributed by atoms with van der Waals surface area (Å²) in [4.78, 5) is 12.1. The van der Waals surface area contributed by atoms with Gasteiger partial charge in [0, 0.05) is 42.3 Å². The van der Waals surface area contributed by atoms with Gasteiger partial charge in [-0.25, -0.2) is 8.42 Å². The number of methoxy groups -OCH3 is 1. The molecular formula is C15H24ClN3O4S2. The Hall–Kier alpha value is -1.16. The van der Waals surface area contributed by atoms with Crippen molar-refractivity contribution in [2.45, 2.75) is 19.4 Å². The van der Waals surface area contributed by atoms with Crippen molar-refractivity contribution in [1.82, 2.24) is 5.32 Å². The van der Waals surface area contributed by atoms with E-state index in [1.54, 1.807) is 25.1 Å². The van der Waals surface area contributed by atoms with Crippen molar-refractivity contribution in [3.8, 4) is 5.75 Å². The van der Waals surface area contributed by atoms with E-state index >= 15 is 0 Å². The Balaban J connectivity index is 0.00000312. The zero-order valence-electron chi connectivity index (χ0n) is 14.2. The molecule has 1 unspecified atom stereocenters. The number of rotatable bonds is 7. The molecule has 25 heavy (non-hydrogen) atoms. The van der Waals surface area contributed by atoms with Gasteiger partial charge in [0.05, 0.1) is 18.6 Å². The van der Waals surface area contributed by atoms with Crippen molar-refractivity contribution in [2.24, 2.45) is 0 Å². The lowest BCUT2D eigenvalue weighted by Crippen LogP contribution is -2.39. The summed E-state index contributed by atoms with van der Waals surface area (Å²) in [6, 6.07) is 5.02. The molecular weight excluding hydrogens is 386 g/mol. The molecule has 0 saturated carbocycles. The van der Waals surface area contributed by atoms with E-state index in [-0.39, 0.29) is 30.1 Å². The Kier molecular flexibility index (Phi) is 8.84. The van der Waals surface area contributed by atoms with E-state index in [1.165, 1.54) is 7.11 Å². The van der Waals surface area contributed by atoms with Crippen molar-refractivity contribution in [2.75, 3.05) is 41.0 Å². The molecule has 2 rings (SSSR count). The van der Waals surface area contributed by atoms with Gasteiger partial charge in [0.25, 0.3) is 0 Å². The van der Waals surface area contributed by atoms with Gasteiger partial charge in [0.2, 0.25) is 15.9 Å². The lowest BCUT2D eigenvalue weighted by molar-refractivity contribution is -0.116. The molecule has 0 aliphatic carbocycles. The molecule has 1 heterocycles. The number of amides is 1. The number of ether oxygens (including phenoxy) is 1. The number of hydrogen-bond acceptors (Lipinski definition) is 6. The van der Waals surface area contributed by atoms with Crippen LogP contribution in [0.5, 0.6) is 5.75 Å². The zero-order chi connectivity index (χ0) is 17.6. The topological polar surface area (TPSA) is 96.5 Å². The molecule has 1 aromatic rings. The van der Waals surface area contributed by atoms with E-state index in [0.717, 1.165) is 18.1 Å². The van der Waals surface area contributed by atoms with Crippen LogP contribution in [0.1, 0.15) is 13.3 Å². The third-order valence-corrected chi connectivity index (χ3v) is 5.98. The third-order valence-electron chi connectivity index (χ3n) is 3.56. The predicted molar refractivity (Wildman–Crippen MR) is 106 cm³/mol. The maximum absolute atomic E-state index is 12.1.